The predicted octanol–water partition coefficient (Wildman–Crippen LogP) is 1.42. The van der Waals surface area contributed by atoms with Crippen LogP contribution in [0.25, 0.3) is 11.1 Å². The Morgan fingerprint density at radius 2 is 1.57 bits per heavy atom. The fourth-order valence-electron chi connectivity index (χ4n) is 2.84. The minimum atomic E-state index is -1.93. The van der Waals surface area contributed by atoms with E-state index in [0.717, 1.165) is 21.6 Å². The van der Waals surface area contributed by atoms with Gasteiger partial charge >= 0.3 is 0 Å². The number of hydrogen-bond donors (Lipinski definition) is 3. The minimum absolute atomic E-state index is 0.283. The lowest BCUT2D eigenvalue weighted by atomic mass is 9.96. The number of carbonyl (C=O) groups is 3. The molecule has 0 unspecified atom stereocenters. The van der Waals surface area contributed by atoms with Crippen molar-refractivity contribution in [1.82, 2.24) is 15.7 Å². The summed E-state index contributed by atoms with van der Waals surface area (Å²) in [5.41, 5.74) is 2.49. The number of nitrogens with one attached hydrogen (secondary N) is 2. The molecule has 158 valence electrons. The average Bonchev–Trinajstić information content (AvgIpc) is 2.80. The van der Waals surface area contributed by atoms with Crippen LogP contribution < -0.4 is 10.8 Å². The Balaban J connectivity index is 2.26. The van der Waals surface area contributed by atoms with Gasteiger partial charge in [-0.25, -0.2) is 5.48 Å². The van der Waals surface area contributed by atoms with Crippen molar-refractivity contribution in [2.24, 2.45) is 5.16 Å². The molecule has 0 saturated carbocycles. The molecule has 30 heavy (non-hydrogen) atoms. The lowest BCUT2D eigenvalue weighted by Gasteiger charge is -2.34. The van der Waals surface area contributed by atoms with Crippen LogP contribution in [-0.4, -0.2) is 60.8 Å². The Kier molecular flexibility index (Phi) is 7.27. The molecule has 0 aliphatic rings. The maximum Gasteiger partial charge on any atom is 0.278 e. The summed E-state index contributed by atoms with van der Waals surface area (Å²) in [5.74, 6) is -2.31. The molecule has 2 aromatic rings. The monoisotopic (exact) mass is 412 g/mol. The molecule has 0 bridgehead atoms. The highest BCUT2D eigenvalue weighted by Gasteiger charge is 2.47. The number of carbonyl (C=O) groups excluding carboxylic acids is 3. The van der Waals surface area contributed by atoms with E-state index in [1.54, 1.807) is 30.5 Å². The minimum Gasteiger partial charge on any atom is -0.399 e. The summed E-state index contributed by atoms with van der Waals surface area (Å²) in [6.07, 6.45) is 1.59. The smallest absolute Gasteiger partial charge is 0.278 e. The second-order valence-corrected chi connectivity index (χ2v) is 6.57. The molecule has 0 aromatic heterocycles. The molecule has 0 aliphatic heterocycles. The summed E-state index contributed by atoms with van der Waals surface area (Å²) >= 11 is 0. The highest BCUT2D eigenvalue weighted by atomic mass is 16.6. The molecule has 3 amide bonds. The summed E-state index contributed by atoms with van der Waals surface area (Å²) in [4.78, 5) is 42.9. The second-order valence-electron chi connectivity index (χ2n) is 6.57. The van der Waals surface area contributed by atoms with Crippen molar-refractivity contribution in [3.8, 4) is 11.1 Å². The number of oxime groups is 1. The molecule has 0 fully saturated rings. The van der Waals surface area contributed by atoms with Crippen LogP contribution in [-0.2, 0) is 14.4 Å². The Morgan fingerprint density at radius 3 is 2.03 bits per heavy atom. The van der Waals surface area contributed by atoms with E-state index < -0.39 is 23.3 Å². The van der Waals surface area contributed by atoms with Gasteiger partial charge in [-0.05, 0) is 35.7 Å². The predicted molar refractivity (Wildman–Crippen MR) is 111 cm³/mol. The van der Waals surface area contributed by atoms with Crippen LogP contribution in [0.1, 0.15) is 22.8 Å². The molecule has 3 N–H and O–H groups in total. The van der Waals surface area contributed by atoms with Crippen molar-refractivity contribution >= 4 is 23.9 Å². The zero-order valence-electron chi connectivity index (χ0n) is 17.2. The van der Waals surface area contributed by atoms with Gasteiger partial charge in [0, 0.05) is 19.7 Å². The number of hydroxylamine groups is 1. The fraction of sp³-hybridized carbons (Fsp3) is 0.238. The molecular weight excluding hydrogens is 388 g/mol. The molecule has 0 heterocycles. The molecule has 0 saturated heterocycles. The molecule has 9 nitrogen and oxygen atoms in total. The molecule has 1 atom stereocenters. The number of benzene rings is 2. The van der Waals surface area contributed by atoms with E-state index in [1.807, 2.05) is 24.3 Å². The lowest BCUT2D eigenvalue weighted by Crippen LogP contribution is -2.64. The van der Waals surface area contributed by atoms with E-state index in [2.05, 4.69) is 15.3 Å². The number of rotatable bonds is 7. The SMILES string of the molecule is CNC(=O)[C@@](C)(C(=O)NO)N(C)C(=O)c1ccc(-c2ccc(C=NOC)cc2)cc1. The number of nitrogens with zero attached hydrogens (tertiary/aromatic N) is 2. The Labute approximate surface area is 174 Å². The van der Waals surface area contributed by atoms with Crippen LogP contribution in [0.2, 0.25) is 0 Å². The second kappa shape index (κ2) is 9.66. The summed E-state index contributed by atoms with van der Waals surface area (Å²) in [5, 5.41) is 15.1. The van der Waals surface area contributed by atoms with E-state index in [9.17, 15) is 14.4 Å². The third-order valence-corrected chi connectivity index (χ3v) is 4.87. The highest BCUT2D eigenvalue weighted by Crippen LogP contribution is 2.22. The zero-order valence-corrected chi connectivity index (χ0v) is 17.2. The quantitative estimate of drug-likeness (QED) is 0.275. The van der Waals surface area contributed by atoms with Gasteiger partial charge in [-0.3, -0.25) is 19.6 Å². The third-order valence-electron chi connectivity index (χ3n) is 4.87. The van der Waals surface area contributed by atoms with Crippen LogP contribution in [0.15, 0.2) is 53.7 Å². The van der Waals surface area contributed by atoms with Crippen LogP contribution in [0.5, 0.6) is 0 Å². The average molecular weight is 412 g/mol. The van der Waals surface area contributed by atoms with Crippen LogP contribution >= 0.6 is 0 Å². The van der Waals surface area contributed by atoms with E-state index in [0.29, 0.717) is 0 Å². The third kappa shape index (κ3) is 4.47. The van der Waals surface area contributed by atoms with Gasteiger partial charge in [0.25, 0.3) is 17.7 Å². The Bertz CT molecular complexity index is 923. The lowest BCUT2D eigenvalue weighted by molar-refractivity contribution is -0.148. The molecule has 0 radical (unpaired) electrons. The molecule has 9 heteroatoms. The molecule has 0 spiro atoms. The summed E-state index contributed by atoms with van der Waals surface area (Å²) in [6, 6.07) is 14.3. The van der Waals surface area contributed by atoms with E-state index in [1.165, 1.54) is 33.6 Å². The van der Waals surface area contributed by atoms with Gasteiger partial charge in [-0.2, -0.15) is 0 Å². The van der Waals surface area contributed by atoms with Crippen LogP contribution in [0, 0.1) is 0 Å². The van der Waals surface area contributed by atoms with Crippen LogP contribution in [0.4, 0.5) is 0 Å². The van der Waals surface area contributed by atoms with E-state index in [-0.39, 0.29) is 5.56 Å². The molecule has 0 aliphatic carbocycles. The van der Waals surface area contributed by atoms with Gasteiger partial charge in [0.2, 0.25) is 0 Å². The van der Waals surface area contributed by atoms with Crippen molar-refractivity contribution in [1.29, 1.82) is 0 Å². The summed E-state index contributed by atoms with van der Waals surface area (Å²) < 4.78 is 0. The first kappa shape index (κ1) is 22.6. The summed E-state index contributed by atoms with van der Waals surface area (Å²) in [7, 11) is 4.13. The van der Waals surface area contributed by atoms with Crippen molar-refractivity contribution in [3.63, 3.8) is 0 Å². The van der Waals surface area contributed by atoms with Crippen molar-refractivity contribution in [2.75, 3.05) is 21.2 Å². The van der Waals surface area contributed by atoms with Crippen molar-refractivity contribution < 1.29 is 24.4 Å². The first-order chi connectivity index (χ1) is 14.3. The van der Waals surface area contributed by atoms with Gasteiger partial charge in [-0.1, -0.05) is 41.6 Å². The Morgan fingerprint density at radius 1 is 1.03 bits per heavy atom. The topological polar surface area (TPSA) is 120 Å². The van der Waals surface area contributed by atoms with E-state index >= 15 is 0 Å². The molecule has 2 aromatic carbocycles. The van der Waals surface area contributed by atoms with Crippen molar-refractivity contribution in [2.45, 2.75) is 12.5 Å². The first-order valence-corrected chi connectivity index (χ1v) is 9.01. The highest BCUT2D eigenvalue weighted by molar-refractivity contribution is 6.12. The van der Waals surface area contributed by atoms with Gasteiger partial charge < -0.3 is 15.1 Å². The number of likely N-dealkylation sites (N-methyl/N-ethyl adjacent to an activating group) is 2. The molecule has 2 rings (SSSR count). The number of amides is 3. The van der Waals surface area contributed by atoms with E-state index in [4.69, 9.17) is 5.21 Å². The van der Waals surface area contributed by atoms with Gasteiger partial charge in [0.05, 0.1) is 6.21 Å². The first-order valence-electron chi connectivity index (χ1n) is 9.01. The van der Waals surface area contributed by atoms with Gasteiger partial charge in [-0.15, -0.1) is 0 Å². The fourth-order valence-corrected chi connectivity index (χ4v) is 2.84. The normalized spacial score (nSPS) is 12.7. The molecular formula is C21H24N4O5. The van der Waals surface area contributed by atoms with Gasteiger partial charge in [0.1, 0.15) is 7.11 Å². The summed E-state index contributed by atoms with van der Waals surface area (Å²) in [6.45, 7) is 1.25. The van der Waals surface area contributed by atoms with Crippen molar-refractivity contribution in [3.05, 3.63) is 59.7 Å². The standard InChI is InChI=1S/C21H24N4O5/c1-21(19(27)22-2,20(28)24-29)25(3)18(26)17-11-9-16(10-12-17)15-7-5-14(6-8-15)13-23-30-4/h5-13,29H,1-4H3,(H,22,27)(H,24,28)/t21-/m0/s1. The maximum atomic E-state index is 12.9. The zero-order chi connectivity index (χ0) is 22.3. The largest absolute Gasteiger partial charge is 0.399 e. The maximum absolute atomic E-state index is 12.9. The number of hydrogen-bond acceptors (Lipinski definition) is 6. The van der Waals surface area contributed by atoms with Gasteiger partial charge in [0.15, 0.2) is 5.54 Å². The Hall–Kier alpha value is -3.72. The van der Waals surface area contributed by atoms with Crippen LogP contribution in [0.3, 0.4) is 0 Å².